The van der Waals surface area contributed by atoms with Gasteiger partial charge in [-0.05, 0) is 60.6 Å². The third-order valence-electron chi connectivity index (χ3n) is 6.53. The first-order valence-electron chi connectivity index (χ1n) is 11.5. The fraction of sp³-hybridized carbons (Fsp3) is 0.240. The summed E-state index contributed by atoms with van der Waals surface area (Å²) in [6.45, 7) is 2.23. The Kier molecular flexibility index (Phi) is 5.82. The molecule has 0 saturated carbocycles. The fourth-order valence-electron chi connectivity index (χ4n) is 4.69. The molecule has 2 aromatic carbocycles. The SMILES string of the molecule is C[C@H]1CCc2sc3c(c2C1)c(=O)n(-c1ccc(Cl)cc1)c1nnc(SCc2ccc([N+](=O)[O-])cc2)n31. The quantitative estimate of drug-likeness (QED) is 0.153. The highest BCUT2D eigenvalue weighted by Crippen LogP contribution is 2.38. The minimum atomic E-state index is -0.408. The van der Waals surface area contributed by atoms with E-state index in [1.165, 1.54) is 28.8 Å². The van der Waals surface area contributed by atoms with Gasteiger partial charge in [-0.3, -0.25) is 14.9 Å². The fourth-order valence-corrected chi connectivity index (χ4v) is 7.09. The van der Waals surface area contributed by atoms with Gasteiger partial charge in [0.15, 0.2) is 5.16 Å². The number of aromatic nitrogens is 4. The third kappa shape index (κ3) is 3.89. The molecule has 0 amide bonds. The largest absolute Gasteiger partial charge is 0.269 e. The summed E-state index contributed by atoms with van der Waals surface area (Å²) in [6.07, 6.45) is 2.95. The van der Waals surface area contributed by atoms with Crippen molar-refractivity contribution in [1.82, 2.24) is 19.2 Å². The van der Waals surface area contributed by atoms with E-state index >= 15 is 0 Å². The topological polar surface area (TPSA) is 95.3 Å². The summed E-state index contributed by atoms with van der Waals surface area (Å²) in [5, 5.41) is 21.9. The van der Waals surface area contributed by atoms with Crippen molar-refractivity contribution in [3.8, 4) is 5.69 Å². The lowest BCUT2D eigenvalue weighted by Crippen LogP contribution is -2.22. The molecular weight excluding hydrogens is 518 g/mol. The molecule has 0 radical (unpaired) electrons. The highest BCUT2D eigenvalue weighted by Gasteiger charge is 2.27. The lowest BCUT2D eigenvalue weighted by atomic mass is 9.89. The van der Waals surface area contributed by atoms with Crippen molar-refractivity contribution >= 4 is 56.4 Å². The third-order valence-corrected chi connectivity index (χ3v) is 9.05. The van der Waals surface area contributed by atoms with Crippen LogP contribution in [0, 0.1) is 16.0 Å². The maximum Gasteiger partial charge on any atom is 0.269 e. The van der Waals surface area contributed by atoms with E-state index in [9.17, 15) is 14.9 Å². The molecule has 0 N–H and O–H groups in total. The number of benzene rings is 2. The number of fused-ring (bicyclic) bond motifs is 5. The summed E-state index contributed by atoms with van der Waals surface area (Å²) in [7, 11) is 0. The average Bonchev–Trinajstić information content (AvgIpc) is 3.45. The number of thioether (sulfide) groups is 1. The van der Waals surface area contributed by atoms with E-state index in [0.29, 0.717) is 33.3 Å². The molecule has 36 heavy (non-hydrogen) atoms. The Morgan fingerprint density at radius 3 is 2.64 bits per heavy atom. The standard InChI is InChI=1S/C25H20ClN5O3S2/c1-14-2-11-20-19(12-14)21-22(32)29(17-9-5-16(26)6-10-17)24-27-28-25(30(24)23(21)36-20)35-13-15-3-7-18(8-4-15)31(33)34/h3-10,14H,2,11-13H2,1H3/t14-/m0/s1. The van der Waals surface area contributed by atoms with Gasteiger partial charge in [-0.2, -0.15) is 0 Å². The number of non-ortho nitro benzene ring substituents is 1. The second-order valence-electron chi connectivity index (χ2n) is 8.98. The van der Waals surface area contributed by atoms with Crippen molar-refractivity contribution in [3.05, 3.63) is 90.0 Å². The predicted octanol–water partition coefficient (Wildman–Crippen LogP) is 6.07. The van der Waals surface area contributed by atoms with Crippen LogP contribution in [0.15, 0.2) is 58.5 Å². The zero-order chi connectivity index (χ0) is 25.0. The molecule has 1 aliphatic carbocycles. The smallest absolute Gasteiger partial charge is 0.268 e. The molecule has 0 spiro atoms. The summed E-state index contributed by atoms with van der Waals surface area (Å²) >= 11 is 9.26. The maximum absolute atomic E-state index is 13.9. The number of nitro groups is 1. The molecule has 182 valence electrons. The first-order chi connectivity index (χ1) is 17.4. The monoisotopic (exact) mass is 537 g/mol. The minimum absolute atomic E-state index is 0.0590. The van der Waals surface area contributed by atoms with Crippen molar-refractivity contribution in [2.45, 2.75) is 37.1 Å². The van der Waals surface area contributed by atoms with Crippen molar-refractivity contribution in [2.24, 2.45) is 5.92 Å². The number of thiophene rings is 1. The van der Waals surface area contributed by atoms with Gasteiger partial charge in [0.1, 0.15) is 4.83 Å². The van der Waals surface area contributed by atoms with Gasteiger partial charge in [-0.25, -0.2) is 8.97 Å². The minimum Gasteiger partial charge on any atom is -0.268 e. The Hall–Kier alpha value is -3.21. The Balaban J connectivity index is 1.52. The average molecular weight is 538 g/mol. The molecule has 3 heterocycles. The van der Waals surface area contributed by atoms with Crippen LogP contribution in [-0.2, 0) is 18.6 Å². The second-order valence-corrected chi connectivity index (χ2v) is 11.4. The molecule has 0 aliphatic heterocycles. The molecule has 11 heteroatoms. The van der Waals surface area contributed by atoms with Crippen molar-refractivity contribution < 1.29 is 4.92 Å². The van der Waals surface area contributed by atoms with Crippen molar-refractivity contribution in [1.29, 1.82) is 0 Å². The highest BCUT2D eigenvalue weighted by molar-refractivity contribution is 7.98. The normalized spacial score (nSPS) is 15.4. The molecule has 1 aliphatic rings. The van der Waals surface area contributed by atoms with Crippen LogP contribution in [0.1, 0.15) is 29.3 Å². The number of aryl methyl sites for hydroxylation is 1. The van der Waals surface area contributed by atoms with Gasteiger partial charge < -0.3 is 0 Å². The summed E-state index contributed by atoms with van der Waals surface area (Å²) in [6, 6.07) is 13.7. The Morgan fingerprint density at radius 1 is 1.17 bits per heavy atom. The summed E-state index contributed by atoms with van der Waals surface area (Å²) in [5.41, 5.74) is 2.72. The number of hydrogen-bond donors (Lipinski definition) is 0. The summed E-state index contributed by atoms with van der Waals surface area (Å²) < 4.78 is 3.60. The second kappa shape index (κ2) is 9.02. The van der Waals surface area contributed by atoms with Gasteiger partial charge in [0.25, 0.3) is 11.2 Å². The number of nitrogens with zero attached hydrogens (tertiary/aromatic N) is 5. The van der Waals surface area contributed by atoms with Crippen LogP contribution in [-0.4, -0.2) is 24.1 Å². The molecule has 0 bridgehead atoms. The molecule has 0 fully saturated rings. The molecule has 6 rings (SSSR count). The molecule has 0 saturated heterocycles. The van der Waals surface area contributed by atoms with Gasteiger partial charge in [-0.1, -0.05) is 42.4 Å². The van der Waals surface area contributed by atoms with E-state index in [1.807, 2.05) is 16.5 Å². The van der Waals surface area contributed by atoms with E-state index in [0.717, 1.165) is 40.6 Å². The number of halogens is 1. The van der Waals surface area contributed by atoms with E-state index in [2.05, 4.69) is 17.1 Å². The van der Waals surface area contributed by atoms with Gasteiger partial charge >= 0.3 is 0 Å². The van der Waals surface area contributed by atoms with Gasteiger partial charge in [0.2, 0.25) is 5.78 Å². The van der Waals surface area contributed by atoms with Crippen LogP contribution in [0.3, 0.4) is 0 Å². The molecule has 0 unspecified atom stereocenters. The maximum atomic E-state index is 13.9. The van der Waals surface area contributed by atoms with E-state index in [1.54, 1.807) is 40.2 Å². The zero-order valence-electron chi connectivity index (χ0n) is 19.2. The molecule has 8 nitrogen and oxygen atoms in total. The van der Waals surface area contributed by atoms with E-state index in [4.69, 9.17) is 11.6 Å². The number of rotatable bonds is 5. The van der Waals surface area contributed by atoms with Crippen molar-refractivity contribution in [2.75, 3.05) is 0 Å². The molecular formula is C25H20ClN5O3S2. The van der Waals surface area contributed by atoms with Crippen LogP contribution in [0.25, 0.3) is 21.7 Å². The van der Waals surface area contributed by atoms with Gasteiger partial charge in [-0.15, -0.1) is 21.5 Å². The summed E-state index contributed by atoms with van der Waals surface area (Å²) in [4.78, 5) is 26.6. The van der Waals surface area contributed by atoms with Gasteiger partial charge in [0.05, 0.1) is 16.0 Å². The first kappa shape index (κ1) is 23.2. The van der Waals surface area contributed by atoms with E-state index < -0.39 is 4.92 Å². The predicted molar refractivity (Wildman–Crippen MR) is 143 cm³/mol. The van der Waals surface area contributed by atoms with Crippen molar-refractivity contribution in [3.63, 3.8) is 0 Å². The Labute approximate surface area is 218 Å². The van der Waals surface area contributed by atoms with Gasteiger partial charge in [0, 0.05) is 27.8 Å². The lowest BCUT2D eigenvalue weighted by Gasteiger charge is -2.18. The molecule has 1 atom stereocenters. The first-order valence-corrected chi connectivity index (χ1v) is 13.6. The van der Waals surface area contributed by atoms with Crippen LogP contribution in [0.4, 0.5) is 5.69 Å². The van der Waals surface area contributed by atoms with Crippen LogP contribution < -0.4 is 5.56 Å². The Bertz CT molecular complexity index is 1690. The zero-order valence-corrected chi connectivity index (χ0v) is 21.6. The van der Waals surface area contributed by atoms with Crippen LogP contribution >= 0.6 is 34.7 Å². The van der Waals surface area contributed by atoms with Crippen LogP contribution in [0.2, 0.25) is 5.02 Å². The van der Waals surface area contributed by atoms with Crippen LogP contribution in [0.5, 0.6) is 0 Å². The Morgan fingerprint density at radius 2 is 1.92 bits per heavy atom. The highest BCUT2D eigenvalue weighted by atomic mass is 35.5. The molecule has 3 aromatic heterocycles. The number of hydrogen-bond acceptors (Lipinski definition) is 7. The summed E-state index contributed by atoms with van der Waals surface area (Å²) in [5.74, 6) is 1.53. The molecule has 5 aromatic rings. The van der Waals surface area contributed by atoms with E-state index in [-0.39, 0.29) is 11.2 Å². The number of nitro benzene ring substituents is 1. The lowest BCUT2D eigenvalue weighted by molar-refractivity contribution is -0.384.